The van der Waals surface area contributed by atoms with Gasteiger partial charge in [0.25, 0.3) is 5.70 Å². The number of nitro groups is 1. The van der Waals surface area contributed by atoms with Crippen molar-refractivity contribution in [1.82, 2.24) is 0 Å². The lowest BCUT2D eigenvalue weighted by Crippen LogP contribution is -2.44. The van der Waals surface area contributed by atoms with Gasteiger partial charge in [-0.3, -0.25) is 14.9 Å². The number of allylic oxidation sites excluding steroid dienone is 1. The van der Waals surface area contributed by atoms with Crippen molar-refractivity contribution in [3.8, 4) is 0 Å². The van der Waals surface area contributed by atoms with Gasteiger partial charge in [0, 0.05) is 12.2 Å². The highest BCUT2D eigenvalue weighted by molar-refractivity contribution is 6.26. The summed E-state index contributed by atoms with van der Waals surface area (Å²) in [6.45, 7) is 0. The van der Waals surface area contributed by atoms with Crippen molar-refractivity contribution in [2.24, 2.45) is 11.7 Å². The number of halogens is 1. The van der Waals surface area contributed by atoms with Crippen LogP contribution in [0.1, 0.15) is 0 Å². The summed E-state index contributed by atoms with van der Waals surface area (Å²) < 4.78 is 0. The summed E-state index contributed by atoms with van der Waals surface area (Å²) in [6, 6.07) is 0. The van der Waals surface area contributed by atoms with E-state index in [0.717, 1.165) is 18.2 Å². The zero-order valence-electron chi connectivity index (χ0n) is 6.88. The van der Waals surface area contributed by atoms with Crippen molar-refractivity contribution in [2.75, 3.05) is 0 Å². The normalized spacial score (nSPS) is 31.0. The van der Waals surface area contributed by atoms with Crippen molar-refractivity contribution in [3.63, 3.8) is 0 Å². The Labute approximate surface area is 83.8 Å². The minimum absolute atomic E-state index is 0.306. The second kappa shape index (κ2) is 3.39. The Morgan fingerprint density at radius 2 is 2.36 bits per heavy atom. The topological polar surface area (TPSA) is 106 Å². The molecule has 0 aromatic heterocycles. The van der Waals surface area contributed by atoms with E-state index in [1.54, 1.807) is 0 Å². The Bertz CT molecular complexity index is 348. The molecule has 0 aromatic carbocycles. The van der Waals surface area contributed by atoms with Gasteiger partial charge in [-0.2, -0.15) is 0 Å². The fourth-order valence-corrected chi connectivity index (χ4v) is 1.37. The number of nitrogens with zero attached hydrogens (tertiary/aromatic N) is 1. The summed E-state index contributed by atoms with van der Waals surface area (Å²) >= 11 is 5.64. The van der Waals surface area contributed by atoms with Crippen molar-refractivity contribution < 1.29 is 14.8 Å². The van der Waals surface area contributed by atoms with Crippen LogP contribution in [0.15, 0.2) is 23.9 Å². The molecule has 1 aliphatic carbocycles. The van der Waals surface area contributed by atoms with Gasteiger partial charge in [-0.15, -0.1) is 0 Å². The lowest BCUT2D eigenvalue weighted by Gasteiger charge is -2.24. The lowest BCUT2D eigenvalue weighted by atomic mass is 9.94. The quantitative estimate of drug-likeness (QED) is 0.300. The molecule has 0 amide bonds. The van der Waals surface area contributed by atoms with Crippen molar-refractivity contribution >= 4 is 17.6 Å². The van der Waals surface area contributed by atoms with Gasteiger partial charge < -0.3 is 10.8 Å². The largest absolute Gasteiger partial charge is 0.481 e. The van der Waals surface area contributed by atoms with Crippen LogP contribution in [-0.4, -0.2) is 21.0 Å². The van der Waals surface area contributed by atoms with Crippen LogP contribution in [0.3, 0.4) is 0 Å². The van der Waals surface area contributed by atoms with E-state index in [2.05, 4.69) is 0 Å². The van der Waals surface area contributed by atoms with Crippen molar-refractivity contribution in [1.29, 1.82) is 0 Å². The average molecular weight is 219 g/mol. The van der Waals surface area contributed by atoms with E-state index in [4.69, 9.17) is 22.4 Å². The molecule has 0 heterocycles. The van der Waals surface area contributed by atoms with Crippen LogP contribution in [0.5, 0.6) is 0 Å². The van der Waals surface area contributed by atoms with Gasteiger partial charge in [0.1, 0.15) is 10.9 Å². The third kappa shape index (κ3) is 1.91. The maximum atomic E-state index is 10.6. The summed E-state index contributed by atoms with van der Waals surface area (Å²) in [6.07, 6.45) is 3.10. The monoisotopic (exact) mass is 218 g/mol. The summed E-state index contributed by atoms with van der Waals surface area (Å²) in [5, 5.41) is 19.0. The number of carbonyl (C=O) groups is 1. The highest BCUT2D eigenvalue weighted by Gasteiger charge is 2.39. The molecule has 0 spiro atoms. The molecule has 76 valence electrons. The molecule has 1 aliphatic rings. The molecule has 0 aromatic rings. The lowest BCUT2D eigenvalue weighted by molar-refractivity contribution is -0.419. The van der Waals surface area contributed by atoms with Crippen molar-refractivity contribution in [3.05, 3.63) is 34.0 Å². The number of hydrogen-bond donors (Lipinski definition) is 2. The van der Waals surface area contributed by atoms with Crippen LogP contribution in [0.25, 0.3) is 0 Å². The molecule has 2 atom stereocenters. The van der Waals surface area contributed by atoms with Crippen LogP contribution in [0.2, 0.25) is 0 Å². The molecule has 6 nitrogen and oxygen atoms in total. The van der Waals surface area contributed by atoms with Gasteiger partial charge in [-0.05, 0) is 0 Å². The van der Waals surface area contributed by atoms with E-state index in [-0.39, 0.29) is 5.70 Å². The molecule has 0 radical (unpaired) electrons. The molecule has 2 unspecified atom stereocenters. The van der Waals surface area contributed by atoms with E-state index < -0.39 is 21.8 Å². The predicted octanol–water partition coefficient (Wildman–Crippen LogP) is 0.311. The Hall–Kier alpha value is -1.40. The fourth-order valence-electron chi connectivity index (χ4n) is 1.09. The number of alkyl halides is 1. The summed E-state index contributed by atoms with van der Waals surface area (Å²) in [4.78, 5) is 18.5. The molecule has 7 heteroatoms. The van der Waals surface area contributed by atoms with Gasteiger partial charge in [0.2, 0.25) is 0 Å². The Kier molecular flexibility index (Phi) is 2.59. The Morgan fingerprint density at radius 3 is 2.71 bits per heavy atom. The van der Waals surface area contributed by atoms with Gasteiger partial charge in [0.15, 0.2) is 0 Å². The van der Waals surface area contributed by atoms with Crippen LogP contribution >= 0.6 is 11.6 Å². The van der Waals surface area contributed by atoms with Gasteiger partial charge in [-0.1, -0.05) is 17.7 Å². The molecule has 0 saturated heterocycles. The van der Waals surface area contributed by atoms with E-state index >= 15 is 0 Å². The molecule has 0 saturated carbocycles. The molecule has 14 heavy (non-hydrogen) atoms. The first-order chi connectivity index (χ1) is 6.34. The zero-order chi connectivity index (χ0) is 10.9. The standard InChI is InChI=1S/C7H7ClN2O4/c8-7(9)3-4(10(13)14)1-2-5(7)6(11)12/h1-3,5H,9H2,(H,11,12). The summed E-state index contributed by atoms with van der Waals surface area (Å²) in [5.41, 5.74) is 5.10. The van der Waals surface area contributed by atoms with Crippen LogP contribution in [-0.2, 0) is 4.79 Å². The molecule has 0 fully saturated rings. The Morgan fingerprint density at radius 1 is 1.79 bits per heavy atom. The third-order valence-corrected chi connectivity index (χ3v) is 2.13. The first-order valence-electron chi connectivity index (χ1n) is 3.60. The average Bonchev–Trinajstić information content (AvgIpc) is 2.01. The van der Waals surface area contributed by atoms with Crippen LogP contribution in [0.4, 0.5) is 0 Å². The second-order valence-electron chi connectivity index (χ2n) is 2.83. The predicted molar refractivity (Wildman–Crippen MR) is 48.1 cm³/mol. The van der Waals surface area contributed by atoms with Gasteiger partial charge >= 0.3 is 5.97 Å². The number of aliphatic carboxylic acids is 1. The summed E-state index contributed by atoms with van der Waals surface area (Å²) in [7, 11) is 0. The SMILES string of the molecule is NC1(Cl)C=C([N+](=O)[O-])C=CC1C(=O)O. The maximum Gasteiger partial charge on any atom is 0.313 e. The zero-order valence-corrected chi connectivity index (χ0v) is 7.64. The Balaban J connectivity index is 3.04. The van der Waals surface area contributed by atoms with E-state index in [1.807, 2.05) is 0 Å². The smallest absolute Gasteiger partial charge is 0.313 e. The highest BCUT2D eigenvalue weighted by Crippen LogP contribution is 2.29. The van der Waals surface area contributed by atoms with Crippen molar-refractivity contribution in [2.45, 2.75) is 5.00 Å². The number of carboxylic acids is 1. The summed E-state index contributed by atoms with van der Waals surface area (Å²) in [5.74, 6) is -2.38. The molecular weight excluding hydrogens is 212 g/mol. The van der Waals surface area contributed by atoms with Gasteiger partial charge in [-0.25, -0.2) is 0 Å². The maximum absolute atomic E-state index is 10.6. The van der Waals surface area contributed by atoms with E-state index in [0.29, 0.717) is 0 Å². The van der Waals surface area contributed by atoms with Crippen LogP contribution in [0, 0.1) is 16.0 Å². The van der Waals surface area contributed by atoms with Gasteiger partial charge in [0.05, 0.1) is 4.92 Å². The number of rotatable bonds is 2. The third-order valence-electron chi connectivity index (χ3n) is 1.78. The first-order valence-corrected chi connectivity index (χ1v) is 3.98. The van der Waals surface area contributed by atoms with E-state index in [9.17, 15) is 14.9 Å². The van der Waals surface area contributed by atoms with E-state index in [1.165, 1.54) is 0 Å². The number of nitrogens with two attached hydrogens (primary N) is 1. The molecule has 0 aliphatic heterocycles. The molecule has 3 N–H and O–H groups in total. The molecule has 0 bridgehead atoms. The second-order valence-corrected chi connectivity index (χ2v) is 3.48. The molecule has 1 rings (SSSR count). The fraction of sp³-hybridized carbons (Fsp3) is 0.286. The number of carboxylic acid groups (broad SMARTS) is 1. The minimum Gasteiger partial charge on any atom is -0.481 e. The number of hydrogen-bond acceptors (Lipinski definition) is 4. The molecular formula is C7H7ClN2O4. The van der Waals surface area contributed by atoms with Crippen LogP contribution < -0.4 is 5.73 Å². The first kappa shape index (κ1) is 10.7. The highest BCUT2D eigenvalue weighted by atomic mass is 35.5. The minimum atomic E-state index is -1.75.